The van der Waals surface area contributed by atoms with Gasteiger partial charge in [-0.1, -0.05) is 207 Å². The number of carbonyl (C=O) groups excluding carboxylic acids is 2. The number of methoxy groups -OCH3 is 1. The van der Waals surface area contributed by atoms with Crippen molar-refractivity contribution in [2.45, 2.75) is 272 Å². The maximum absolute atomic E-state index is 13.7. The van der Waals surface area contributed by atoms with Crippen LogP contribution < -0.4 is 0 Å². The third-order valence-corrected chi connectivity index (χ3v) is 14.0. The Morgan fingerprint density at radius 3 is 1.07 bits per heavy atom. The van der Waals surface area contributed by atoms with Crippen molar-refractivity contribution < 1.29 is 23.8 Å². The Labute approximate surface area is 374 Å². The number of esters is 2. The largest absolute Gasteiger partial charge is 0.465 e. The summed E-state index contributed by atoms with van der Waals surface area (Å²) in [5, 5.41) is 0. The van der Waals surface area contributed by atoms with Crippen LogP contribution in [-0.4, -0.2) is 63.4 Å². The van der Waals surface area contributed by atoms with Crippen LogP contribution in [0.3, 0.4) is 0 Å². The van der Waals surface area contributed by atoms with Gasteiger partial charge >= 0.3 is 11.9 Å². The number of piperidine rings is 1. The molecule has 0 saturated carbocycles. The van der Waals surface area contributed by atoms with Crippen LogP contribution in [0.2, 0.25) is 0 Å². The Hall–Kier alpha value is -1.14. The minimum Gasteiger partial charge on any atom is -0.465 e. The second kappa shape index (κ2) is 41.8. The minimum atomic E-state index is 0.0340. The molecule has 0 atom stereocenters. The number of rotatable bonds is 45. The van der Waals surface area contributed by atoms with Gasteiger partial charge in [-0.3, -0.25) is 9.59 Å². The van der Waals surface area contributed by atoms with Crippen LogP contribution in [0.1, 0.15) is 272 Å². The fourth-order valence-corrected chi connectivity index (χ4v) is 9.58. The Bertz CT molecular complexity index is 837. The van der Waals surface area contributed by atoms with E-state index in [-0.39, 0.29) is 29.2 Å². The number of carbonyl (C=O) groups is 2. The lowest BCUT2D eigenvalue weighted by Gasteiger charge is -2.42. The van der Waals surface area contributed by atoms with Crippen molar-refractivity contribution >= 4 is 11.9 Å². The van der Waals surface area contributed by atoms with E-state index in [1.807, 2.05) is 0 Å². The van der Waals surface area contributed by atoms with Crippen LogP contribution in [0.15, 0.2) is 0 Å². The van der Waals surface area contributed by atoms with Gasteiger partial charge in [0, 0.05) is 13.7 Å². The molecule has 1 aliphatic heterocycles. The summed E-state index contributed by atoms with van der Waals surface area (Å²) in [6, 6.07) is 0. The minimum absolute atomic E-state index is 0.0340. The Kier molecular flexibility index (Phi) is 39.7. The van der Waals surface area contributed by atoms with E-state index in [9.17, 15) is 9.59 Å². The van der Waals surface area contributed by atoms with Gasteiger partial charge in [-0.05, 0) is 89.3 Å². The maximum atomic E-state index is 13.7. The highest BCUT2D eigenvalue weighted by Gasteiger charge is 2.35. The molecule has 60 heavy (non-hydrogen) atoms. The molecule has 1 aliphatic rings. The zero-order valence-electron chi connectivity index (χ0n) is 41.3. The Morgan fingerprint density at radius 1 is 0.433 bits per heavy atom. The fourth-order valence-electron chi connectivity index (χ4n) is 9.58. The molecule has 1 saturated heterocycles. The molecule has 356 valence electrons. The molecule has 0 spiro atoms. The molecule has 0 N–H and O–H groups in total. The maximum Gasteiger partial charge on any atom is 0.308 e. The van der Waals surface area contributed by atoms with Crippen molar-refractivity contribution in [1.29, 1.82) is 0 Å². The zero-order chi connectivity index (χ0) is 43.6. The fraction of sp³-hybridized carbons (Fsp3) is 0.963. The first-order valence-electron chi connectivity index (χ1n) is 27.0. The SMILES string of the molecule is CCCCCCCCCC(CCCCCCCCC)C(=O)OCCC1(CCOC(=O)C(CCCCCCCCC)CCCCCCCCC)CCN(CCCCOC)CC1. The van der Waals surface area contributed by atoms with Crippen molar-refractivity contribution in [2.24, 2.45) is 17.3 Å². The Balaban J connectivity index is 2.85. The van der Waals surface area contributed by atoms with E-state index in [1.54, 1.807) is 7.11 Å². The summed E-state index contributed by atoms with van der Waals surface area (Å²) >= 11 is 0. The molecule has 1 fully saturated rings. The van der Waals surface area contributed by atoms with Gasteiger partial charge in [-0.25, -0.2) is 0 Å². The first-order chi connectivity index (χ1) is 29.4. The summed E-state index contributed by atoms with van der Waals surface area (Å²) in [5.41, 5.74) is 0.0442. The standard InChI is InChI=1S/C54H105NO5/c1-6-10-14-18-22-26-30-36-50(37-31-27-23-19-15-11-7-2)52(56)59-48-42-54(40-45-55(46-41-54)44-34-35-47-58-5)43-49-60-53(57)51(38-32-28-24-20-16-12-8-3)39-33-29-25-21-17-13-9-4/h50-51H,6-49H2,1-5H3. The van der Waals surface area contributed by atoms with E-state index in [0.717, 1.165) is 116 Å². The van der Waals surface area contributed by atoms with Gasteiger partial charge in [-0.2, -0.15) is 0 Å². The van der Waals surface area contributed by atoms with Crippen molar-refractivity contribution in [3.8, 4) is 0 Å². The summed E-state index contributed by atoms with van der Waals surface area (Å²) in [5.74, 6) is 0.156. The van der Waals surface area contributed by atoms with Gasteiger partial charge in [0.1, 0.15) is 0 Å². The number of unbranched alkanes of at least 4 members (excludes halogenated alkanes) is 25. The summed E-state index contributed by atoms with van der Waals surface area (Å²) in [7, 11) is 1.79. The molecular weight excluding hydrogens is 743 g/mol. The average molecular weight is 848 g/mol. The average Bonchev–Trinajstić information content (AvgIpc) is 3.25. The summed E-state index contributed by atoms with van der Waals surface area (Å²) in [6.07, 6.45) is 45.8. The number of nitrogens with zero attached hydrogens (tertiary/aromatic N) is 1. The lowest BCUT2D eigenvalue weighted by molar-refractivity contribution is -0.151. The molecule has 1 rings (SSSR count). The van der Waals surface area contributed by atoms with Gasteiger partial charge in [0.05, 0.1) is 25.0 Å². The highest BCUT2D eigenvalue weighted by molar-refractivity contribution is 5.72. The summed E-state index contributed by atoms with van der Waals surface area (Å²) < 4.78 is 17.8. The Morgan fingerprint density at radius 2 is 0.750 bits per heavy atom. The first-order valence-corrected chi connectivity index (χ1v) is 27.0. The van der Waals surface area contributed by atoms with Crippen LogP contribution in [0.5, 0.6) is 0 Å². The van der Waals surface area contributed by atoms with Crippen molar-refractivity contribution in [2.75, 3.05) is 46.6 Å². The third kappa shape index (κ3) is 31.7. The van der Waals surface area contributed by atoms with Crippen molar-refractivity contribution in [3.05, 3.63) is 0 Å². The van der Waals surface area contributed by atoms with Gasteiger partial charge in [0.25, 0.3) is 0 Å². The van der Waals surface area contributed by atoms with E-state index in [0.29, 0.717) is 13.2 Å². The van der Waals surface area contributed by atoms with E-state index in [4.69, 9.17) is 14.2 Å². The molecule has 6 heteroatoms. The molecule has 0 radical (unpaired) electrons. The molecule has 6 nitrogen and oxygen atoms in total. The van der Waals surface area contributed by atoms with Crippen molar-refractivity contribution in [1.82, 2.24) is 4.90 Å². The molecule has 0 unspecified atom stereocenters. The van der Waals surface area contributed by atoms with Crippen LogP contribution in [0.4, 0.5) is 0 Å². The molecule has 0 bridgehead atoms. The first kappa shape index (κ1) is 56.9. The molecular formula is C54H105NO5. The van der Waals surface area contributed by atoms with Gasteiger partial charge in [-0.15, -0.1) is 0 Å². The molecule has 0 aromatic carbocycles. The number of hydrogen-bond donors (Lipinski definition) is 0. The van der Waals surface area contributed by atoms with Crippen LogP contribution >= 0.6 is 0 Å². The van der Waals surface area contributed by atoms with Gasteiger partial charge < -0.3 is 19.1 Å². The molecule has 1 heterocycles. The third-order valence-electron chi connectivity index (χ3n) is 14.0. The number of ether oxygens (including phenoxy) is 3. The normalized spacial score (nSPS) is 14.4. The number of likely N-dealkylation sites (tertiary alicyclic amines) is 1. The van der Waals surface area contributed by atoms with Crippen LogP contribution in [0.25, 0.3) is 0 Å². The van der Waals surface area contributed by atoms with E-state index >= 15 is 0 Å². The van der Waals surface area contributed by atoms with Crippen molar-refractivity contribution in [3.63, 3.8) is 0 Å². The lowest BCUT2D eigenvalue weighted by atomic mass is 9.73. The van der Waals surface area contributed by atoms with Gasteiger partial charge in [0.2, 0.25) is 0 Å². The predicted molar refractivity (Wildman–Crippen MR) is 258 cm³/mol. The lowest BCUT2D eigenvalue weighted by Crippen LogP contribution is -2.42. The van der Waals surface area contributed by atoms with E-state index in [1.165, 1.54) is 154 Å². The van der Waals surface area contributed by atoms with Crippen LogP contribution in [0, 0.1) is 17.3 Å². The highest BCUT2D eigenvalue weighted by Crippen LogP contribution is 2.39. The molecule has 0 aromatic rings. The summed E-state index contributed by atoms with van der Waals surface area (Å²) in [4.78, 5) is 30.1. The zero-order valence-corrected chi connectivity index (χ0v) is 41.3. The highest BCUT2D eigenvalue weighted by atomic mass is 16.5. The smallest absolute Gasteiger partial charge is 0.308 e. The summed E-state index contributed by atoms with van der Waals surface area (Å²) in [6.45, 7) is 14.1. The van der Waals surface area contributed by atoms with E-state index < -0.39 is 0 Å². The molecule has 0 amide bonds. The quantitative estimate of drug-likeness (QED) is 0.0449. The monoisotopic (exact) mass is 848 g/mol. The predicted octanol–water partition coefficient (Wildman–Crippen LogP) is 16.2. The second-order valence-electron chi connectivity index (χ2n) is 19.4. The topological polar surface area (TPSA) is 65.1 Å². The molecule has 0 aliphatic carbocycles. The van der Waals surface area contributed by atoms with Gasteiger partial charge in [0.15, 0.2) is 0 Å². The van der Waals surface area contributed by atoms with E-state index in [2.05, 4.69) is 32.6 Å². The molecule has 0 aromatic heterocycles. The number of hydrogen-bond acceptors (Lipinski definition) is 6. The second-order valence-corrected chi connectivity index (χ2v) is 19.4. The van der Waals surface area contributed by atoms with Crippen LogP contribution in [-0.2, 0) is 23.8 Å².